The first-order valence-corrected chi connectivity index (χ1v) is 5.77. The molecule has 0 aromatic carbocycles. The fraction of sp³-hybridized carbons (Fsp3) is 1.00. The first-order valence-electron chi connectivity index (χ1n) is 5.77. The molecule has 0 nitrogen and oxygen atoms in total. The highest BCUT2D eigenvalue weighted by Gasteiger charge is 2.34. The average Bonchev–Trinajstić information content (AvgIpc) is 2.07. The Morgan fingerprint density at radius 3 is 2.58 bits per heavy atom. The predicted molar refractivity (Wildman–Crippen MR) is 53.0 cm³/mol. The van der Waals surface area contributed by atoms with E-state index in [2.05, 4.69) is 13.8 Å². The van der Waals surface area contributed by atoms with Crippen LogP contribution in [0.5, 0.6) is 0 Å². The molecule has 0 aromatic rings. The maximum Gasteiger partial charge on any atom is -0.0358 e. The lowest BCUT2D eigenvalue weighted by molar-refractivity contribution is 0.0880. The zero-order valence-electron chi connectivity index (χ0n) is 8.55. The van der Waals surface area contributed by atoms with Crippen LogP contribution < -0.4 is 0 Å². The van der Waals surface area contributed by atoms with Gasteiger partial charge in [-0.1, -0.05) is 39.5 Å². The lowest BCUT2D eigenvalue weighted by Gasteiger charge is -2.42. The number of hydrogen-bond donors (Lipinski definition) is 0. The molecule has 2 fully saturated rings. The van der Waals surface area contributed by atoms with Gasteiger partial charge in [0.25, 0.3) is 0 Å². The molecule has 0 aromatic heterocycles. The van der Waals surface area contributed by atoms with Crippen LogP contribution in [0.3, 0.4) is 0 Å². The molecule has 0 saturated heterocycles. The van der Waals surface area contributed by atoms with Crippen molar-refractivity contribution in [2.75, 3.05) is 0 Å². The zero-order chi connectivity index (χ0) is 8.55. The van der Waals surface area contributed by atoms with Crippen LogP contribution >= 0.6 is 0 Å². The molecule has 0 unspecified atom stereocenters. The van der Waals surface area contributed by atoms with Gasteiger partial charge in [0.2, 0.25) is 0 Å². The summed E-state index contributed by atoms with van der Waals surface area (Å²) in [6, 6.07) is 0. The molecule has 0 N–H and O–H groups in total. The van der Waals surface area contributed by atoms with Crippen molar-refractivity contribution in [3.63, 3.8) is 0 Å². The number of fused-ring (bicyclic) bond motifs is 1. The van der Waals surface area contributed by atoms with Crippen LogP contribution in [-0.2, 0) is 0 Å². The predicted octanol–water partition coefficient (Wildman–Crippen LogP) is 3.86. The summed E-state index contributed by atoms with van der Waals surface area (Å²) in [5, 5.41) is 0. The molecule has 0 amide bonds. The molecule has 4 atom stereocenters. The highest BCUT2D eigenvalue weighted by atomic mass is 14.4. The lowest BCUT2D eigenvalue weighted by Crippen LogP contribution is -2.32. The Labute approximate surface area is 76.7 Å². The summed E-state index contributed by atoms with van der Waals surface area (Å²) in [7, 11) is 0. The highest BCUT2D eigenvalue weighted by molar-refractivity contribution is 4.85. The summed E-state index contributed by atoms with van der Waals surface area (Å²) in [5.41, 5.74) is 0. The van der Waals surface area contributed by atoms with E-state index in [9.17, 15) is 0 Å². The van der Waals surface area contributed by atoms with Crippen LogP contribution in [0.4, 0.5) is 0 Å². The second kappa shape index (κ2) is 3.40. The Balaban J connectivity index is 2.00. The van der Waals surface area contributed by atoms with Crippen molar-refractivity contribution in [1.82, 2.24) is 0 Å². The molecule has 2 aliphatic carbocycles. The average molecular weight is 166 g/mol. The smallest absolute Gasteiger partial charge is 0.0358 e. The van der Waals surface area contributed by atoms with E-state index in [0.717, 1.165) is 23.7 Å². The van der Waals surface area contributed by atoms with E-state index >= 15 is 0 Å². The molecule has 0 aliphatic heterocycles. The molecule has 0 heterocycles. The maximum absolute atomic E-state index is 2.48. The summed E-state index contributed by atoms with van der Waals surface area (Å²) in [6.07, 6.45) is 9.14. The molecule has 2 saturated carbocycles. The van der Waals surface area contributed by atoms with Crippen molar-refractivity contribution in [2.24, 2.45) is 23.7 Å². The standard InChI is InChI=1S/C12H22/c1-9-6-7-11-5-3-4-10(2)12(11)8-9/h9-12H,3-8H2,1-2H3/t9-,10+,11-,12+/m0/s1. The maximum atomic E-state index is 2.48. The SMILES string of the molecule is C[C@H]1CC[C@@H]2CCC[C@@H](C)[C@H]2C1. The van der Waals surface area contributed by atoms with Gasteiger partial charge in [0.1, 0.15) is 0 Å². The van der Waals surface area contributed by atoms with E-state index in [1.807, 2.05) is 0 Å². The molecule has 0 radical (unpaired) electrons. The van der Waals surface area contributed by atoms with Crippen LogP contribution in [0.15, 0.2) is 0 Å². The molecule has 0 heteroatoms. The zero-order valence-corrected chi connectivity index (χ0v) is 8.55. The Morgan fingerprint density at radius 2 is 1.75 bits per heavy atom. The largest absolute Gasteiger partial charge is 0.0625 e. The van der Waals surface area contributed by atoms with Gasteiger partial charge < -0.3 is 0 Å². The van der Waals surface area contributed by atoms with Gasteiger partial charge in [-0.25, -0.2) is 0 Å². The number of hydrogen-bond acceptors (Lipinski definition) is 0. The Hall–Kier alpha value is 0. The molecule has 12 heavy (non-hydrogen) atoms. The summed E-state index contributed by atoms with van der Waals surface area (Å²) in [4.78, 5) is 0. The van der Waals surface area contributed by atoms with Gasteiger partial charge in [0, 0.05) is 0 Å². The first-order chi connectivity index (χ1) is 5.77. The molecule has 0 bridgehead atoms. The van der Waals surface area contributed by atoms with E-state index < -0.39 is 0 Å². The molecule has 2 aliphatic rings. The van der Waals surface area contributed by atoms with Gasteiger partial charge in [-0.15, -0.1) is 0 Å². The van der Waals surface area contributed by atoms with Crippen molar-refractivity contribution < 1.29 is 0 Å². The minimum Gasteiger partial charge on any atom is -0.0625 e. The summed E-state index contributed by atoms with van der Waals surface area (Å²) >= 11 is 0. The van der Waals surface area contributed by atoms with Crippen molar-refractivity contribution in [3.8, 4) is 0 Å². The van der Waals surface area contributed by atoms with E-state index in [0.29, 0.717) is 0 Å². The third-order valence-electron chi connectivity index (χ3n) is 4.28. The van der Waals surface area contributed by atoms with Crippen LogP contribution in [0, 0.1) is 23.7 Å². The monoisotopic (exact) mass is 166 g/mol. The first kappa shape index (κ1) is 8.59. The van der Waals surface area contributed by atoms with Crippen LogP contribution in [0.1, 0.15) is 52.4 Å². The molecular formula is C12H22. The second-order valence-corrected chi connectivity index (χ2v) is 5.25. The van der Waals surface area contributed by atoms with Gasteiger partial charge in [0.15, 0.2) is 0 Å². The van der Waals surface area contributed by atoms with Crippen molar-refractivity contribution in [2.45, 2.75) is 52.4 Å². The minimum atomic E-state index is 1.02. The molecule has 0 spiro atoms. The van der Waals surface area contributed by atoms with Crippen molar-refractivity contribution in [1.29, 1.82) is 0 Å². The normalized spacial score (nSPS) is 48.5. The van der Waals surface area contributed by atoms with Gasteiger partial charge in [-0.2, -0.15) is 0 Å². The second-order valence-electron chi connectivity index (χ2n) is 5.25. The molecular weight excluding hydrogens is 144 g/mol. The lowest BCUT2D eigenvalue weighted by atomic mass is 9.64. The quantitative estimate of drug-likeness (QED) is 0.512. The van der Waals surface area contributed by atoms with Gasteiger partial charge >= 0.3 is 0 Å². The van der Waals surface area contributed by atoms with Crippen LogP contribution in [-0.4, -0.2) is 0 Å². The van der Waals surface area contributed by atoms with E-state index in [1.165, 1.54) is 32.1 Å². The van der Waals surface area contributed by atoms with Crippen LogP contribution in [0.2, 0.25) is 0 Å². The third-order valence-corrected chi connectivity index (χ3v) is 4.28. The summed E-state index contributed by atoms with van der Waals surface area (Å²) in [5.74, 6) is 4.27. The van der Waals surface area contributed by atoms with Gasteiger partial charge in [-0.3, -0.25) is 0 Å². The fourth-order valence-corrected chi connectivity index (χ4v) is 3.46. The summed E-state index contributed by atoms with van der Waals surface area (Å²) in [6.45, 7) is 4.92. The van der Waals surface area contributed by atoms with Crippen LogP contribution in [0.25, 0.3) is 0 Å². The highest BCUT2D eigenvalue weighted by Crippen LogP contribution is 2.45. The Morgan fingerprint density at radius 1 is 0.917 bits per heavy atom. The summed E-state index contributed by atoms with van der Waals surface area (Å²) < 4.78 is 0. The van der Waals surface area contributed by atoms with Gasteiger partial charge in [-0.05, 0) is 36.5 Å². The van der Waals surface area contributed by atoms with Gasteiger partial charge in [0.05, 0.1) is 0 Å². The Kier molecular flexibility index (Phi) is 2.43. The Bertz CT molecular complexity index is 150. The molecule has 70 valence electrons. The van der Waals surface area contributed by atoms with E-state index in [1.54, 1.807) is 6.42 Å². The van der Waals surface area contributed by atoms with Crippen molar-refractivity contribution >= 4 is 0 Å². The topological polar surface area (TPSA) is 0 Å². The molecule has 2 rings (SSSR count). The fourth-order valence-electron chi connectivity index (χ4n) is 3.46. The van der Waals surface area contributed by atoms with Crippen molar-refractivity contribution in [3.05, 3.63) is 0 Å². The minimum absolute atomic E-state index is 1.02. The number of rotatable bonds is 0. The third kappa shape index (κ3) is 1.53. The van der Waals surface area contributed by atoms with E-state index in [-0.39, 0.29) is 0 Å². The van der Waals surface area contributed by atoms with E-state index in [4.69, 9.17) is 0 Å².